The first-order valence-electron chi connectivity index (χ1n) is 4.81. The highest BCUT2D eigenvalue weighted by Crippen LogP contribution is 2.22. The maximum Gasteiger partial charge on any atom is 0.169 e. The van der Waals surface area contributed by atoms with Crippen LogP contribution in [0.3, 0.4) is 0 Å². The minimum absolute atomic E-state index is 0.0614. The molecule has 3 N–H and O–H groups in total. The van der Waals surface area contributed by atoms with Crippen LogP contribution in [0.4, 0.5) is 34.9 Å². The molecule has 1 aromatic heterocycles. The molecule has 1 aromatic carbocycles. The summed E-state index contributed by atoms with van der Waals surface area (Å²) in [5.74, 6) is -5.00. The van der Waals surface area contributed by atoms with Gasteiger partial charge in [0.15, 0.2) is 34.9 Å². The molecule has 0 aliphatic rings. The third kappa shape index (κ3) is 2.34. The van der Waals surface area contributed by atoms with Gasteiger partial charge in [-0.3, -0.25) is 0 Å². The lowest BCUT2D eigenvalue weighted by Gasteiger charge is -2.08. The molecule has 0 amide bonds. The van der Waals surface area contributed by atoms with Crippen molar-refractivity contribution in [2.45, 2.75) is 0 Å². The van der Waals surface area contributed by atoms with Gasteiger partial charge in [-0.15, -0.1) is 0 Å². The van der Waals surface area contributed by atoms with Crippen LogP contribution in [0.2, 0.25) is 0 Å². The first-order chi connectivity index (χ1) is 8.47. The summed E-state index contributed by atoms with van der Waals surface area (Å²) in [7, 11) is 0. The number of aromatic nitrogens is 1. The van der Waals surface area contributed by atoms with E-state index < -0.39 is 29.1 Å². The van der Waals surface area contributed by atoms with E-state index in [0.29, 0.717) is 6.07 Å². The zero-order valence-corrected chi connectivity index (χ0v) is 8.85. The minimum Gasteiger partial charge on any atom is -0.381 e. The Hall–Kier alpha value is -2.31. The number of nitrogen functional groups attached to an aromatic ring is 1. The zero-order chi connectivity index (χ0) is 13.3. The Kier molecular flexibility index (Phi) is 3.05. The normalized spacial score (nSPS) is 10.4. The number of rotatable bonds is 2. The molecule has 0 saturated heterocycles. The molecule has 0 saturated carbocycles. The highest BCUT2D eigenvalue weighted by Gasteiger charge is 2.11. The van der Waals surface area contributed by atoms with E-state index in [2.05, 4.69) is 10.3 Å². The standard InChI is InChI=1S/C11H7F4N3/c12-6-2-1-5(3-7(6)13)17-11-9(15)4-8(14)10(16)18-11/h1-4H,(H3,16,17,18). The quantitative estimate of drug-likeness (QED) is 0.813. The molecule has 1 heterocycles. The third-order valence-electron chi connectivity index (χ3n) is 2.14. The van der Waals surface area contributed by atoms with E-state index in [-0.39, 0.29) is 11.5 Å². The number of hydrogen-bond donors (Lipinski definition) is 2. The van der Waals surface area contributed by atoms with Crippen LogP contribution in [-0.4, -0.2) is 4.98 Å². The first-order valence-corrected chi connectivity index (χ1v) is 4.81. The van der Waals surface area contributed by atoms with Crippen molar-refractivity contribution in [1.29, 1.82) is 0 Å². The first kappa shape index (κ1) is 12.2. The monoisotopic (exact) mass is 257 g/mol. The van der Waals surface area contributed by atoms with Crippen molar-refractivity contribution in [2.24, 2.45) is 0 Å². The lowest BCUT2D eigenvalue weighted by Crippen LogP contribution is -2.03. The molecule has 0 radical (unpaired) electrons. The average molecular weight is 257 g/mol. The Balaban J connectivity index is 2.34. The van der Waals surface area contributed by atoms with Crippen molar-refractivity contribution in [1.82, 2.24) is 4.98 Å². The fraction of sp³-hybridized carbons (Fsp3) is 0. The molecule has 0 atom stereocenters. The molecule has 0 fully saturated rings. The van der Waals surface area contributed by atoms with Crippen LogP contribution in [0.25, 0.3) is 0 Å². The van der Waals surface area contributed by atoms with Gasteiger partial charge in [-0.1, -0.05) is 0 Å². The lowest BCUT2D eigenvalue weighted by atomic mass is 10.3. The Bertz CT molecular complexity index is 601. The van der Waals surface area contributed by atoms with E-state index in [1.54, 1.807) is 0 Å². The summed E-state index contributed by atoms with van der Waals surface area (Å²) in [5.41, 5.74) is 5.23. The molecule has 0 bridgehead atoms. The smallest absolute Gasteiger partial charge is 0.169 e. The number of benzene rings is 1. The Morgan fingerprint density at radius 1 is 0.889 bits per heavy atom. The predicted molar refractivity (Wildman–Crippen MR) is 58.2 cm³/mol. The van der Waals surface area contributed by atoms with Crippen LogP contribution in [0.5, 0.6) is 0 Å². The van der Waals surface area contributed by atoms with Crippen molar-refractivity contribution >= 4 is 17.3 Å². The molecule has 0 spiro atoms. The average Bonchev–Trinajstić information content (AvgIpc) is 2.31. The highest BCUT2D eigenvalue weighted by atomic mass is 19.2. The van der Waals surface area contributed by atoms with E-state index in [0.717, 1.165) is 12.1 Å². The largest absolute Gasteiger partial charge is 0.381 e. The fourth-order valence-corrected chi connectivity index (χ4v) is 1.28. The number of nitrogens with one attached hydrogen (secondary N) is 1. The molecule has 7 heteroatoms. The van der Waals surface area contributed by atoms with E-state index in [1.807, 2.05) is 0 Å². The third-order valence-corrected chi connectivity index (χ3v) is 2.14. The van der Waals surface area contributed by atoms with E-state index in [4.69, 9.17) is 5.73 Å². The molecule has 94 valence electrons. The van der Waals surface area contributed by atoms with Crippen molar-refractivity contribution < 1.29 is 17.6 Å². The van der Waals surface area contributed by atoms with Gasteiger partial charge in [0.1, 0.15) is 0 Å². The number of nitrogens with two attached hydrogens (primary N) is 1. The summed E-state index contributed by atoms with van der Waals surface area (Å²) in [6.07, 6.45) is 0. The van der Waals surface area contributed by atoms with Crippen LogP contribution in [0, 0.1) is 23.3 Å². The highest BCUT2D eigenvalue weighted by molar-refractivity contribution is 5.58. The van der Waals surface area contributed by atoms with Crippen LogP contribution in [-0.2, 0) is 0 Å². The summed E-state index contributed by atoms with van der Waals surface area (Å²) in [6.45, 7) is 0. The summed E-state index contributed by atoms with van der Waals surface area (Å²) in [6, 6.07) is 3.40. The van der Waals surface area contributed by atoms with Crippen molar-refractivity contribution in [3.63, 3.8) is 0 Å². The molecule has 0 aliphatic carbocycles. The maximum absolute atomic E-state index is 13.3. The van der Waals surface area contributed by atoms with Gasteiger partial charge >= 0.3 is 0 Å². The molecular weight excluding hydrogens is 250 g/mol. The van der Waals surface area contributed by atoms with E-state index >= 15 is 0 Å². The number of nitrogens with zero attached hydrogens (tertiary/aromatic N) is 1. The second-order valence-electron chi connectivity index (χ2n) is 3.44. The summed E-state index contributed by atoms with van der Waals surface area (Å²) >= 11 is 0. The molecule has 18 heavy (non-hydrogen) atoms. The second-order valence-corrected chi connectivity index (χ2v) is 3.44. The van der Waals surface area contributed by atoms with Crippen LogP contribution in [0.15, 0.2) is 24.3 Å². The fourth-order valence-electron chi connectivity index (χ4n) is 1.28. The predicted octanol–water partition coefficient (Wildman–Crippen LogP) is 2.96. The van der Waals surface area contributed by atoms with Crippen LogP contribution < -0.4 is 11.1 Å². The van der Waals surface area contributed by atoms with Gasteiger partial charge in [-0.2, -0.15) is 0 Å². The van der Waals surface area contributed by atoms with Gasteiger partial charge in [0.25, 0.3) is 0 Å². The van der Waals surface area contributed by atoms with Crippen LogP contribution in [0.1, 0.15) is 0 Å². The van der Waals surface area contributed by atoms with Gasteiger partial charge in [0, 0.05) is 17.8 Å². The van der Waals surface area contributed by atoms with Gasteiger partial charge in [0.2, 0.25) is 0 Å². The van der Waals surface area contributed by atoms with Crippen molar-refractivity contribution in [3.8, 4) is 0 Å². The number of hydrogen-bond acceptors (Lipinski definition) is 3. The zero-order valence-electron chi connectivity index (χ0n) is 8.85. The Morgan fingerprint density at radius 2 is 1.61 bits per heavy atom. The van der Waals surface area contributed by atoms with Crippen LogP contribution >= 0.6 is 0 Å². The van der Waals surface area contributed by atoms with E-state index in [1.165, 1.54) is 6.07 Å². The Morgan fingerprint density at radius 3 is 2.28 bits per heavy atom. The van der Waals surface area contributed by atoms with Crippen molar-refractivity contribution in [3.05, 3.63) is 47.5 Å². The molecule has 0 unspecified atom stereocenters. The SMILES string of the molecule is Nc1nc(Nc2ccc(F)c(F)c2)c(F)cc1F. The summed E-state index contributed by atoms with van der Waals surface area (Å²) in [5, 5.41) is 2.37. The van der Waals surface area contributed by atoms with Gasteiger partial charge in [0.05, 0.1) is 0 Å². The van der Waals surface area contributed by atoms with Gasteiger partial charge in [-0.25, -0.2) is 22.5 Å². The maximum atomic E-state index is 13.3. The minimum atomic E-state index is -1.10. The number of halogens is 4. The number of anilines is 3. The molecule has 3 nitrogen and oxygen atoms in total. The van der Waals surface area contributed by atoms with E-state index in [9.17, 15) is 17.6 Å². The topological polar surface area (TPSA) is 50.9 Å². The number of pyridine rings is 1. The molecule has 2 rings (SSSR count). The molecular formula is C11H7F4N3. The summed E-state index contributed by atoms with van der Waals surface area (Å²) in [4.78, 5) is 3.42. The van der Waals surface area contributed by atoms with Crippen molar-refractivity contribution in [2.75, 3.05) is 11.1 Å². The lowest BCUT2D eigenvalue weighted by molar-refractivity contribution is 0.509. The molecule has 2 aromatic rings. The Labute approximate surface area is 99.3 Å². The second kappa shape index (κ2) is 4.52. The van der Waals surface area contributed by atoms with Gasteiger partial charge < -0.3 is 11.1 Å². The molecule has 0 aliphatic heterocycles. The summed E-state index contributed by atoms with van der Waals surface area (Å²) < 4.78 is 51.7. The van der Waals surface area contributed by atoms with Gasteiger partial charge in [-0.05, 0) is 12.1 Å².